The predicted octanol–water partition coefficient (Wildman–Crippen LogP) is 2.71. The van der Waals surface area contributed by atoms with E-state index in [0.717, 1.165) is 30.4 Å². The van der Waals surface area contributed by atoms with E-state index in [-0.39, 0.29) is 5.54 Å². The van der Waals surface area contributed by atoms with Crippen molar-refractivity contribution in [2.24, 2.45) is 5.73 Å². The zero-order valence-corrected chi connectivity index (χ0v) is 11.7. The van der Waals surface area contributed by atoms with Crippen LogP contribution in [0.2, 0.25) is 0 Å². The van der Waals surface area contributed by atoms with E-state index < -0.39 is 0 Å². The summed E-state index contributed by atoms with van der Waals surface area (Å²) in [6, 6.07) is 8.43. The maximum atomic E-state index is 5.90. The van der Waals surface area contributed by atoms with Crippen molar-refractivity contribution in [2.45, 2.75) is 32.2 Å². The highest BCUT2D eigenvalue weighted by Crippen LogP contribution is 2.11. The molecule has 1 aromatic rings. The van der Waals surface area contributed by atoms with Gasteiger partial charge in [0.2, 0.25) is 0 Å². The third kappa shape index (κ3) is 6.26. The number of hydrogen-bond donors (Lipinski definition) is 2. The Morgan fingerprint density at radius 2 is 2.06 bits per heavy atom. The second-order valence-corrected chi connectivity index (χ2v) is 5.78. The minimum atomic E-state index is -0.0667. The third-order valence-electron chi connectivity index (χ3n) is 2.43. The monoisotopic (exact) mass is 284 g/mol. The first-order valence-corrected chi connectivity index (χ1v) is 6.51. The quantitative estimate of drug-likeness (QED) is 0.789. The number of halogens is 1. The smallest absolute Gasteiger partial charge is 0.0178 e. The lowest BCUT2D eigenvalue weighted by Gasteiger charge is -2.18. The van der Waals surface area contributed by atoms with E-state index in [1.54, 1.807) is 0 Å². The van der Waals surface area contributed by atoms with Gasteiger partial charge in [-0.1, -0.05) is 28.1 Å². The average molecular weight is 285 g/mol. The second kappa shape index (κ2) is 6.38. The van der Waals surface area contributed by atoms with Crippen molar-refractivity contribution in [1.29, 1.82) is 0 Å². The summed E-state index contributed by atoms with van der Waals surface area (Å²) in [7, 11) is 0. The van der Waals surface area contributed by atoms with Crippen LogP contribution in [0, 0.1) is 0 Å². The van der Waals surface area contributed by atoms with Gasteiger partial charge in [-0.05, 0) is 57.5 Å². The van der Waals surface area contributed by atoms with Crippen molar-refractivity contribution in [3.05, 3.63) is 34.3 Å². The fourth-order valence-corrected chi connectivity index (χ4v) is 1.91. The Bertz CT molecular complexity index is 318. The molecule has 3 N–H and O–H groups in total. The highest BCUT2D eigenvalue weighted by molar-refractivity contribution is 9.10. The molecule has 0 spiro atoms. The summed E-state index contributed by atoms with van der Waals surface area (Å²) in [6.45, 7) is 6.11. The first kappa shape index (κ1) is 13.7. The molecule has 0 radical (unpaired) electrons. The molecule has 0 atom stereocenters. The van der Waals surface area contributed by atoms with E-state index in [9.17, 15) is 0 Å². The van der Waals surface area contributed by atoms with Gasteiger partial charge < -0.3 is 11.1 Å². The predicted molar refractivity (Wildman–Crippen MR) is 73.6 cm³/mol. The summed E-state index contributed by atoms with van der Waals surface area (Å²) in [5.74, 6) is 0. The first-order chi connectivity index (χ1) is 7.47. The van der Waals surface area contributed by atoms with Gasteiger partial charge in [0, 0.05) is 10.0 Å². The summed E-state index contributed by atoms with van der Waals surface area (Å²) >= 11 is 3.47. The zero-order valence-electron chi connectivity index (χ0n) is 10.1. The highest BCUT2D eigenvalue weighted by atomic mass is 79.9. The maximum absolute atomic E-state index is 5.90. The first-order valence-electron chi connectivity index (χ1n) is 5.71. The summed E-state index contributed by atoms with van der Waals surface area (Å²) in [6.07, 6.45) is 2.07. The molecule has 0 fully saturated rings. The van der Waals surface area contributed by atoms with Crippen molar-refractivity contribution in [3.63, 3.8) is 0 Å². The summed E-state index contributed by atoms with van der Waals surface area (Å²) < 4.78 is 1.15. The minimum Gasteiger partial charge on any atom is -0.326 e. The second-order valence-electron chi connectivity index (χ2n) is 4.87. The van der Waals surface area contributed by atoms with E-state index in [1.165, 1.54) is 5.56 Å². The fourth-order valence-electron chi connectivity index (χ4n) is 1.46. The van der Waals surface area contributed by atoms with Gasteiger partial charge in [0.15, 0.2) is 0 Å². The summed E-state index contributed by atoms with van der Waals surface area (Å²) in [4.78, 5) is 0. The zero-order chi connectivity index (χ0) is 12.0. The van der Waals surface area contributed by atoms with E-state index in [0.29, 0.717) is 0 Å². The fraction of sp³-hybridized carbons (Fsp3) is 0.538. The van der Waals surface area contributed by atoms with Gasteiger partial charge in [-0.15, -0.1) is 0 Å². The molecule has 0 heterocycles. The average Bonchev–Trinajstić information content (AvgIpc) is 2.15. The van der Waals surface area contributed by atoms with Crippen LogP contribution >= 0.6 is 15.9 Å². The lowest BCUT2D eigenvalue weighted by Crippen LogP contribution is -2.36. The molecule has 0 aliphatic heterocycles. The van der Waals surface area contributed by atoms with Crippen molar-refractivity contribution >= 4 is 15.9 Å². The Kier molecular flexibility index (Phi) is 5.46. The number of hydrogen-bond acceptors (Lipinski definition) is 2. The Hall–Kier alpha value is -0.380. The van der Waals surface area contributed by atoms with Crippen LogP contribution in [0.4, 0.5) is 0 Å². The normalized spacial score (nSPS) is 11.8. The van der Waals surface area contributed by atoms with Crippen molar-refractivity contribution in [2.75, 3.05) is 13.1 Å². The molecule has 2 nitrogen and oxygen atoms in total. The van der Waals surface area contributed by atoms with Crippen LogP contribution < -0.4 is 11.1 Å². The standard InChI is InChI=1S/C13H21BrN2/c1-13(2,15)7-9-16-8-6-11-4-3-5-12(14)10-11/h3-5,10,16H,6-9,15H2,1-2H3. The topological polar surface area (TPSA) is 38.0 Å². The third-order valence-corrected chi connectivity index (χ3v) is 2.92. The van der Waals surface area contributed by atoms with Crippen LogP contribution in [0.25, 0.3) is 0 Å². The van der Waals surface area contributed by atoms with Crippen LogP contribution in [-0.4, -0.2) is 18.6 Å². The Morgan fingerprint density at radius 3 is 2.69 bits per heavy atom. The van der Waals surface area contributed by atoms with Gasteiger partial charge in [0.25, 0.3) is 0 Å². The van der Waals surface area contributed by atoms with Gasteiger partial charge >= 0.3 is 0 Å². The molecule has 3 heteroatoms. The molecule has 0 aromatic heterocycles. The molecule has 0 aliphatic carbocycles. The van der Waals surface area contributed by atoms with Gasteiger partial charge in [-0.3, -0.25) is 0 Å². The lowest BCUT2D eigenvalue weighted by molar-refractivity contribution is 0.456. The SMILES string of the molecule is CC(C)(N)CCNCCc1cccc(Br)c1. The van der Waals surface area contributed by atoms with Crippen LogP contribution in [0.3, 0.4) is 0 Å². The number of nitrogens with two attached hydrogens (primary N) is 1. The summed E-state index contributed by atoms with van der Waals surface area (Å²) in [5.41, 5.74) is 7.19. The lowest BCUT2D eigenvalue weighted by atomic mass is 10.0. The number of rotatable bonds is 6. The van der Waals surface area contributed by atoms with Crippen LogP contribution in [0.1, 0.15) is 25.8 Å². The highest BCUT2D eigenvalue weighted by Gasteiger charge is 2.08. The Balaban J connectivity index is 2.17. The Morgan fingerprint density at radius 1 is 1.31 bits per heavy atom. The van der Waals surface area contributed by atoms with E-state index in [1.807, 2.05) is 6.07 Å². The molecule has 90 valence electrons. The van der Waals surface area contributed by atoms with E-state index in [2.05, 4.69) is 53.3 Å². The van der Waals surface area contributed by atoms with Gasteiger partial charge in [0.1, 0.15) is 0 Å². The molecule has 0 aliphatic rings. The number of nitrogens with one attached hydrogen (secondary N) is 1. The molecule has 0 bridgehead atoms. The molecule has 1 rings (SSSR count). The van der Waals surface area contributed by atoms with E-state index >= 15 is 0 Å². The molecule has 0 saturated heterocycles. The van der Waals surface area contributed by atoms with Crippen LogP contribution in [0.15, 0.2) is 28.7 Å². The van der Waals surface area contributed by atoms with Crippen LogP contribution in [0.5, 0.6) is 0 Å². The van der Waals surface area contributed by atoms with Crippen LogP contribution in [-0.2, 0) is 6.42 Å². The molecule has 0 unspecified atom stereocenters. The largest absolute Gasteiger partial charge is 0.326 e. The molecule has 16 heavy (non-hydrogen) atoms. The van der Waals surface area contributed by atoms with Crippen molar-refractivity contribution < 1.29 is 0 Å². The minimum absolute atomic E-state index is 0.0667. The van der Waals surface area contributed by atoms with Gasteiger partial charge in [-0.25, -0.2) is 0 Å². The summed E-state index contributed by atoms with van der Waals surface area (Å²) in [5, 5.41) is 3.41. The van der Waals surface area contributed by atoms with Crippen molar-refractivity contribution in [1.82, 2.24) is 5.32 Å². The Labute approximate surface area is 107 Å². The maximum Gasteiger partial charge on any atom is 0.0178 e. The van der Waals surface area contributed by atoms with E-state index in [4.69, 9.17) is 5.73 Å². The number of benzene rings is 1. The molecule has 0 saturated carbocycles. The molecular weight excluding hydrogens is 264 g/mol. The van der Waals surface area contributed by atoms with Gasteiger partial charge in [-0.2, -0.15) is 0 Å². The van der Waals surface area contributed by atoms with Gasteiger partial charge in [0.05, 0.1) is 0 Å². The molecule has 1 aromatic carbocycles. The molecular formula is C13H21BrN2. The molecule has 0 amide bonds. The van der Waals surface area contributed by atoms with Crippen molar-refractivity contribution in [3.8, 4) is 0 Å².